The summed E-state index contributed by atoms with van der Waals surface area (Å²) in [5, 5.41) is 31.4. The van der Waals surface area contributed by atoms with E-state index in [1.54, 1.807) is 13.8 Å². The average Bonchev–Trinajstić information content (AvgIpc) is 2.74. The number of aliphatic carboxylic acids is 1. The highest BCUT2D eigenvalue weighted by Gasteiger charge is 2.34. The van der Waals surface area contributed by atoms with Crippen molar-refractivity contribution in [3.05, 3.63) is 0 Å². The number of ether oxygens (including phenoxy) is 1. The van der Waals surface area contributed by atoms with Crippen LogP contribution >= 0.6 is 0 Å². The summed E-state index contributed by atoms with van der Waals surface area (Å²) in [6.45, 7) is 5.67. The third kappa shape index (κ3) is 17.4. The molecule has 0 spiro atoms. The summed E-state index contributed by atoms with van der Waals surface area (Å²) in [5.41, 5.74) is -0.860. The van der Waals surface area contributed by atoms with Gasteiger partial charge in [0.1, 0.15) is 12.3 Å². The molecule has 32 heavy (non-hydrogen) atoms. The third-order valence-corrected chi connectivity index (χ3v) is 5.88. The highest BCUT2D eigenvalue weighted by atomic mass is 16.5. The topological polar surface area (TPSA) is 116 Å². The van der Waals surface area contributed by atoms with Gasteiger partial charge in [-0.15, -0.1) is 0 Å². The highest BCUT2D eigenvalue weighted by Crippen LogP contribution is 2.23. The van der Waals surface area contributed by atoms with E-state index in [1.807, 2.05) is 0 Å². The number of carbonyl (C=O) groups is 2. The molecule has 4 N–H and O–H groups in total. The van der Waals surface area contributed by atoms with E-state index < -0.39 is 23.7 Å². The maximum atomic E-state index is 12.0. The Morgan fingerprint density at radius 3 is 1.75 bits per heavy atom. The second-order valence-corrected chi connectivity index (χ2v) is 9.63. The van der Waals surface area contributed by atoms with Gasteiger partial charge in [-0.2, -0.15) is 0 Å². The molecule has 0 aliphatic rings. The molecule has 0 aromatic rings. The Morgan fingerprint density at radius 2 is 1.28 bits per heavy atom. The van der Waals surface area contributed by atoms with Crippen LogP contribution in [0.25, 0.3) is 0 Å². The third-order valence-electron chi connectivity index (χ3n) is 5.88. The van der Waals surface area contributed by atoms with E-state index in [-0.39, 0.29) is 25.5 Å². The van der Waals surface area contributed by atoms with Crippen LogP contribution in [0.15, 0.2) is 0 Å². The Bertz CT molecular complexity index is 483. The minimum Gasteiger partial charge on any atom is -0.481 e. The molecule has 7 heteroatoms. The summed E-state index contributed by atoms with van der Waals surface area (Å²) >= 11 is 0. The largest absolute Gasteiger partial charge is 0.481 e. The Hall–Kier alpha value is -1.18. The van der Waals surface area contributed by atoms with Crippen LogP contribution in [0.4, 0.5) is 0 Å². The molecular weight excluding hydrogens is 410 g/mol. The van der Waals surface area contributed by atoms with Gasteiger partial charge in [-0.05, 0) is 6.42 Å². The molecule has 0 aliphatic heterocycles. The van der Waals surface area contributed by atoms with Crippen molar-refractivity contribution in [2.45, 2.75) is 129 Å². The van der Waals surface area contributed by atoms with Crippen molar-refractivity contribution in [1.82, 2.24) is 5.32 Å². The fraction of sp³-hybridized carbons (Fsp3) is 0.920. The zero-order valence-corrected chi connectivity index (χ0v) is 20.7. The minimum atomic E-state index is -1.29. The lowest BCUT2D eigenvalue weighted by Gasteiger charge is -2.33. The van der Waals surface area contributed by atoms with Crippen LogP contribution in [-0.2, 0) is 14.3 Å². The second kappa shape index (κ2) is 19.3. The number of hydrogen-bond donors (Lipinski definition) is 4. The first-order valence-corrected chi connectivity index (χ1v) is 12.7. The quantitative estimate of drug-likeness (QED) is 0.105. The molecule has 0 radical (unpaired) electrons. The zero-order chi connectivity index (χ0) is 24.2. The molecule has 0 amide bonds. The molecule has 7 nitrogen and oxygen atoms in total. The maximum absolute atomic E-state index is 12.0. The lowest BCUT2D eigenvalue weighted by atomic mass is 9.86. The molecule has 0 saturated heterocycles. The number of carboxylic acids is 1. The second-order valence-electron chi connectivity index (χ2n) is 9.63. The van der Waals surface area contributed by atoms with Crippen LogP contribution in [0, 0.1) is 5.41 Å². The number of rotatable bonds is 22. The molecule has 2 atom stereocenters. The van der Waals surface area contributed by atoms with E-state index in [0.717, 1.165) is 19.3 Å². The van der Waals surface area contributed by atoms with Gasteiger partial charge in [-0.1, -0.05) is 97.8 Å². The lowest BCUT2D eigenvalue weighted by Crippen LogP contribution is -2.49. The van der Waals surface area contributed by atoms with Gasteiger partial charge >= 0.3 is 11.9 Å². The minimum absolute atomic E-state index is 0.0108. The fourth-order valence-corrected chi connectivity index (χ4v) is 3.58. The Labute approximate surface area is 195 Å². The summed E-state index contributed by atoms with van der Waals surface area (Å²) in [7, 11) is 0. The molecular formula is C25H49NO6. The van der Waals surface area contributed by atoms with Crippen LogP contribution < -0.4 is 5.32 Å². The summed E-state index contributed by atoms with van der Waals surface area (Å²) in [4.78, 5) is 22.5. The summed E-state index contributed by atoms with van der Waals surface area (Å²) in [6.07, 6.45) is 14.0. The SMILES string of the molecule is CCCCCCCCCCCCCCCC(=O)OCC(C)(C)C(O)C(O)NCCC(=O)O. The van der Waals surface area contributed by atoms with Crippen molar-refractivity contribution in [1.29, 1.82) is 0 Å². The predicted molar refractivity (Wildman–Crippen MR) is 127 cm³/mol. The van der Waals surface area contributed by atoms with E-state index in [2.05, 4.69) is 12.2 Å². The molecule has 2 unspecified atom stereocenters. The number of nitrogens with one attached hydrogen (secondary N) is 1. The van der Waals surface area contributed by atoms with Crippen LogP contribution in [-0.4, -0.2) is 52.7 Å². The normalized spacial score (nSPS) is 13.7. The average molecular weight is 460 g/mol. The van der Waals surface area contributed by atoms with Gasteiger partial charge in [-0.25, -0.2) is 0 Å². The molecule has 0 fully saturated rings. The Balaban J connectivity index is 3.71. The van der Waals surface area contributed by atoms with Gasteiger partial charge in [0.2, 0.25) is 0 Å². The highest BCUT2D eigenvalue weighted by molar-refractivity contribution is 5.69. The van der Waals surface area contributed by atoms with Crippen LogP contribution in [0.2, 0.25) is 0 Å². The van der Waals surface area contributed by atoms with Gasteiger partial charge in [0, 0.05) is 18.4 Å². The molecule has 0 heterocycles. The van der Waals surface area contributed by atoms with Crippen molar-refractivity contribution >= 4 is 11.9 Å². The van der Waals surface area contributed by atoms with Crippen molar-refractivity contribution in [3.8, 4) is 0 Å². The number of carbonyl (C=O) groups excluding carboxylic acids is 1. The van der Waals surface area contributed by atoms with Gasteiger partial charge < -0.3 is 20.1 Å². The number of esters is 1. The summed E-state index contributed by atoms with van der Waals surface area (Å²) in [5.74, 6) is -1.28. The number of hydrogen-bond acceptors (Lipinski definition) is 6. The Kier molecular flexibility index (Phi) is 18.6. The zero-order valence-electron chi connectivity index (χ0n) is 20.7. The van der Waals surface area contributed by atoms with Gasteiger partial charge in [0.05, 0.1) is 13.0 Å². The van der Waals surface area contributed by atoms with Crippen LogP contribution in [0.1, 0.15) is 117 Å². The van der Waals surface area contributed by atoms with Crippen LogP contribution in [0.5, 0.6) is 0 Å². The fourth-order valence-electron chi connectivity index (χ4n) is 3.58. The first-order valence-electron chi connectivity index (χ1n) is 12.7. The van der Waals surface area contributed by atoms with Gasteiger partial charge in [-0.3, -0.25) is 14.9 Å². The van der Waals surface area contributed by atoms with E-state index >= 15 is 0 Å². The van der Waals surface area contributed by atoms with Crippen molar-refractivity contribution in [3.63, 3.8) is 0 Å². The lowest BCUT2D eigenvalue weighted by molar-refractivity contribution is -0.153. The van der Waals surface area contributed by atoms with Crippen molar-refractivity contribution < 1.29 is 29.6 Å². The van der Waals surface area contributed by atoms with Crippen LogP contribution in [0.3, 0.4) is 0 Å². The first-order chi connectivity index (χ1) is 15.2. The van der Waals surface area contributed by atoms with E-state index in [9.17, 15) is 19.8 Å². The molecule has 0 aromatic heterocycles. The smallest absolute Gasteiger partial charge is 0.305 e. The number of unbranched alkanes of at least 4 members (excludes halogenated alkanes) is 12. The number of aliphatic hydroxyl groups is 2. The maximum Gasteiger partial charge on any atom is 0.305 e. The monoisotopic (exact) mass is 459 g/mol. The molecule has 0 aliphatic carbocycles. The summed E-state index contributed by atoms with van der Waals surface area (Å²) < 4.78 is 5.30. The first kappa shape index (κ1) is 30.8. The molecule has 0 bridgehead atoms. The molecule has 190 valence electrons. The standard InChI is InChI=1S/C25H49NO6/c1-4-5-6-7-8-9-10-11-12-13-14-15-16-17-22(29)32-20-25(2,3)23(30)24(31)26-19-18-21(27)28/h23-24,26,30-31H,4-20H2,1-3H3,(H,27,28). The summed E-state index contributed by atoms with van der Waals surface area (Å²) in [6, 6.07) is 0. The number of carboxylic acid groups (broad SMARTS) is 1. The Morgan fingerprint density at radius 1 is 0.812 bits per heavy atom. The van der Waals surface area contributed by atoms with E-state index in [4.69, 9.17) is 9.84 Å². The number of aliphatic hydroxyl groups excluding tert-OH is 2. The predicted octanol–water partition coefficient (Wildman–Crippen LogP) is 4.78. The van der Waals surface area contributed by atoms with Crippen molar-refractivity contribution in [2.75, 3.05) is 13.2 Å². The van der Waals surface area contributed by atoms with E-state index in [1.165, 1.54) is 64.2 Å². The van der Waals surface area contributed by atoms with Gasteiger partial charge in [0.25, 0.3) is 0 Å². The van der Waals surface area contributed by atoms with Crippen molar-refractivity contribution in [2.24, 2.45) is 5.41 Å². The molecule has 0 rings (SSSR count). The van der Waals surface area contributed by atoms with E-state index in [0.29, 0.717) is 6.42 Å². The molecule has 0 aromatic carbocycles. The molecule has 0 saturated carbocycles. The van der Waals surface area contributed by atoms with Gasteiger partial charge in [0.15, 0.2) is 0 Å².